The Morgan fingerprint density at radius 1 is 1.40 bits per heavy atom. The molecule has 0 saturated heterocycles. The molecule has 1 aromatic carbocycles. The molecule has 0 N–H and O–H groups in total. The molecule has 0 aliphatic heterocycles. The maximum Gasteiger partial charge on any atom is 0.254 e. The average molecular weight is 205 g/mol. The van der Waals surface area contributed by atoms with E-state index in [0.29, 0.717) is 12.1 Å². The number of rotatable bonds is 4. The van der Waals surface area contributed by atoms with Crippen molar-refractivity contribution in [3.05, 3.63) is 35.9 Å². The average Bonchev–Trinajstić information content (AvgIpc) is 2.30. The molecule has 3 heteroatoms. The van der Waals surface area contributed by atoms with E-state index in [9.17, 15) is 9.59 Å². The number of carbonyl (C=O) groups excluding carboxylic acids is 2. The fraction of sp³-hybridized carbons (Fsp3) is 0.333. The molecule has 1 unspecified atom stereocenters. The van der Waals surface area contributed by atoms with Crippen LogP contribution in [0.1, 0.15) is 24.2 Å². The SMILES string of the molecule is CCN(C(=O)c1ccccc1)C(C)C=O. The molecule has 1 atom stereocenters. The third-order valence-electron chi connectivity index (χ3n) is 2.31. The van der Waals surface area contributed by atoms with Crippen molar-refractivity contribution in [1.82, 2.24) is 4.90 Å². The molecule has 1 rings (SSSR count). The van der Waals surface area contributed by atoms with Gasteiger partial charge in [0.2, 0.25) is 0 Å². The number of nitrogens with zero attached hydrogens (tertiary/aromatic N) is 1. The van der Waals surface area contributed by atoms with Crippen molar-refractivity contribution >= 4 is 12.2 Å². The van der Waals surface area contributed by atoms with Crippen LogP contribution in [0.25, 0.3) is 0 Å². The lowest BCUT2D eigenvalue weighted by atomic mass is 10.2. The van der Waals surface area contributed by atoms with Crippen molar-refractivity contribution in [1.29, 1.82) is 0 Å². The summed E-state index contributed by atoms with van der Waals surface area (Å²) in [6.07, 6.45) is 0.782. The van der Waals surface area contributed by atoms with E-state index in [1.807, 2.05) is 25.1 Å². The van der Waals surface area contributed by atoms with E-state index < -0.39 is 0 Å². The van der Waals surface area contributed by atoms with Crippen molar-refractivity contribution in [2.45, 2.75) is 19.9 Å². The molecule has 3 nitrogen and oxygen atoms in total. The highest BCUT2D eigenvalue weighted by Crippen LogP contribution is 2.06. The molecule has 0 spiro atoms. The Labute approximate surface area is 89.7 Å². The summed E-state index contributed by atoms with van der Waals surface area (Å²) in [6, 6.07) is 8.61. The maximum absolute atomic E-state index is 11.9. The van der Waals surface area contributed by atoms with E-state index >= 15 is 0 Å². The van der Waals surface area contributed by atoms with Crippen LogP contribution >= 0.6 is 0 Å². The van der Waals surface area contributed by atoms with Gasteiger partial charge in [-0.25, -0.2) is 0 Å². The predicted octanol–water partition coefficient (Wildman–Crippen LogP) is 1.74. The lowest BCUT2D eigenvalue weighted by Crippen LogP contribution is -2.39. The summed E-state index contributed by atoms with van der Waals surface area (Å²) in [7, 11) is 0. The van der Waals surface area contributed by atoms with Gasteiger partial charge < -0.3 is 9.69 Å². The van der Waals surface area contributed by atoms with E-state index in [-0.39, 0.29) is 11.9 Å². The minimum Gasteiger partial charge on any atom is -0.329 e. The maximum atomic E-state index is 11.9. The fourth-order valence-electron chi connectivity index (χ4n) is 1.44. The van der Waals surface area contributed by atoms with Gasteiger partial charge in [-0.15, -0.1) is 0 Å². The number of carbonyl (C=O) groups is 2. The van der Waals surface area contributed by atoms with Crippen molar-refractivity contribution in [2.24, 2.45) is 0 Å². The summed E-state index contributed by atoms with van der Waals surface area (Å²) in [5.41, 5.74) is 0.619. The van der Waals surface area contributed by atoms with Crippen molar-refractivity contribution in [3.63, 3.8) is 0 Å². The molecule has 0 saturated carbocycles. The van der Waals surface area contributed by atoms with Crippen LogP contribution in [-0.4, -0.2) is 29.7 Å². The molecule has 0 aromatic heterocycles. The topological polar surface area (TPSA) is 37.4 Å². The molecular weight excluding hydrogens is 190 g/mol. The molecule has 0 aliphatic rings. The highest BCUT2D eigenvalue weighted by molar-refractivity contribution is 5.95. The molecule has 0 aliphatic carbocycles. The van der Waals surface area contributed by atoms with Gasteiger partial charge in [-0.3, -0.25) is 4.79 Å². The van der Waals surface area contributed by atoms with Crippen LogP contribution in [0.4, 0.5) is 0 Å². The number of benzene rings is 1. The Morgan fingerprint density at radius 3 is 2.47 bits per heavy atom. The zero-order valence-electron chi connectivity index (χ0n) is 9.01. The Kier molecular flexibility index (Phi) is 4.03. The summed E-state index contributed by atoms with van der Waals surface area (Å²) < 4.78 is 0. The summed E-state index contributed by atoms with van der Waals surface area (Å²) >= 11 is 0. The lowest BCUT2D eigenvalue weighted by Gasteiger charge is -2.24. The quantitative estimate of drug-likeness (QED) is 0.702. The van der Waals surface area contributed by atoms with Crippen molar-refractivity contribution < 1.29 is 9.59 Å². The Morgan fingerprint density at radius 2 is 2.00 bits per heavy atom. The summed E-state index contributed by atoms with van der Waals surface area (Å²) in [5.74, 6) is -0.0994. The monoisotopic (exact) mass is 205 g/mol. The third-order valence-corrected chi connectivity index (χ3v) is 2.31. The standard InChI is InChI=1S/C12H15NO2/c1-3-13(10(2)9-14)12(15)11-7-5-4-6-8-11/h4-10H,3H2,1-2H3. The number of amides is 1. The first-order valence-corrected chi connectivity index (χ1v) is 5.02. The predicted molar refractivity (Wildman–Crippen MR) is 58.7 cm³/mol. The molecule has 1 aromatic rings. The van der Waals surface area contributed by atoms with Crippen LogP contribution in [0.3, 0.4) is 0 Å². The summed E-state index contributed by atoms with van der Waals surface area (Å²) in [5, 5.41) is 0. The molecule has 0 bridgehead atoms. The first-order valence-electron chi connectivity index (χ1n) is 5.02. The van der Waals surface area contributed by atoms with Crippen LogP contribution < -0.4 is 0 Å². The summed E-state index contributed by atoms with van der Waals surface area (Å²) in [4.78, 5) is 24.1. The number of hydrogen-bond donors (Lipinski definition) is 0. The highest BCUT2D eigenvalue weighted by Gasteiger charge is 2.18. The van der Waals surface area contributed by atoms with Gasteiger partial charge in [0.25, 0.3) is 5.91 Å². The van der Waals surface area contributed by atoms with E-state index in [1.54, 1.807) is 24.0 Å². The second-order valence-electron chi connectivity index (χ2n) is 3.33. The number of hydrogen-bond acceptors (Lipinski definition) is 2. The van der Waals surface area contributed by atoms with Crippen molar-refractivity contribution in [3.8, 4) is 0 Å². The fourth-order valence-corrected chi connectivity index (χ4v) is 1.44. The summed E-state index contributed by atoms with van der Waals surface area (Å²) in [6.45, 7) is 4.12. The Hall–Kier alpha value is -1.64. The molecule has 0 radical (unpaired) electrons. The van der Waals surface area contributed by atoms with Gasteiger partial charge in [-0.1, -0.05) is 18.2 Å². The van der Waals surface area contributed by atoms with Gasteiger partial charge in [-0.05, 0) is 26.0 Å². The molecule has 0 heterocycles. The molecular formula is C12H15NO2. The van der Waals surface area contributed by atoms with Crippen LogP contribution in [-0.2, 0) is 4.79 Å². The molecule has 1 amide bonds. The molecule has 0 fully saturated rings. The van der Waals surface area contributed by atoms with Gasteiger partial charge >= 0.3 is 0 Å². The second-order valence-corrected chi connectivity index (χ2v) is 3.33. The number of likely N-dealkylation sites (N-methyl/N-ethyl adjacent to an activating group) is 1. The zero-order chi connectivity index (χ0) is 11.3. The first-order chi connectivity index (χ1) is 7.20. The molecule has 80 valence electrons. The number of aldehydes is 1. The van der Waals surface area contributed by atoms with Gasteiger partial charge in [0.05, 0.1) is 6.04 Å². The van der Waals surface area contributed by atoms with E-state index in [1.165, 1.54) is 0 Å². The largest absolute Gasteiger partial charge is 0.329 e. The Balaban J connectivity index is 2.87. The zero-order valence-corrected chi connectivity index (χ0v) is 9.01. The third kappa shape index (κ3) is 2.65. The van der Waals surface area contributed by atoms with Gasteiger partial charge in [-0.2, -0.15) is 0 Å². The van der Waals surface area contributed by atoms with Gasteiger partial charge in [0, 0.05) is 12.1 Å². The minimum absolute atomic E-state index is 0.0994. The van der Waals surface area contributed by atoms with Gasteiger partial charge in [0.15, 0.2) is 0 Å². The highest BCUT2D eigenvalue weighted by atomic mass is 16.2. The van der Waals surface area contributed by atoms with Crippen LogP contribution in [0.5, 0.6) is 0 Å². The van der Waals surface area contributed by atoms with E-state index in [0.717, 1.165) is 6.29 Å². The van der Waals surface area contributed by atoms with Crippen LogP contribution in [0.15, 0.2) is 30.3 Å². The normalized spacial score (nSPS) is 11.9. The van der Waals surface area contributed by atoms with Crippen LogP contribution in [0.2, 0.25) is 0 Å². The second kappa shape index (κ2) is 5.29. The first kappa shape index (κ1) is 11.4. The van der Waals surface area contributed by atoms with Crippen molar-refractivity contribution in [2.75, 3.05) is 6.54 Å². The van der Waals surface area contributed by atoms with Crippen LogP contribution in [0, 0.1) is 0 Å². The van der Waals surface area contributed by atoms with E-state index in [4.69, 9.17) is 0 Å². The molecule has 15 heavy (non-hydrogen) atoms. The minimum atomic E-state index is -0.372. The lowest BCUT2D eigenvalue weighted by molar-refractivity contribution is -0.111. The smallest absolute Gasteiger partial charge is 0.254 e. The van der Waals surface area contributed by atoms with E-state index in [2.05, 4.69) is 0 Å². The van der Waals surface area contributed by atoms with Gasteiger partial charge in [0.1, 0.15) is 6.29 Å². The Bertz CT molecular complexity index is 335.